The minimum absolute atomic E-state index is 0.0410. The van der Waals surface area contributed by atoms with Crippen LogP contribution in [-0.4, -0.2) is 92.3 Å². The number of unbranched alkanes of at least 4 members (excludes halogenated alkanes) is 12. The molecule has 344 valence electrons. The van der Waals surface area contributed by atoms with Crippen LogP contribution >= 0.6 is 7.82 Å². The van der Waals surface area contributed by atoms with Gasteiger partial charge in [-0.2, -0.15) is 0 Å². The maximum absolute atomic E-state index is 12.8. The molecule has 0 amide bonds. The van der Waals surface area contributed by atoms with Crippen molar-refractivity contribution in [1.82, 2.24) is 0 Å². The van der Waals surface area contributed by atoms with Gasteiger partial charge in [-0.25, -0.2) is 4.57 Å². The summed E-state index contributed by atoms with van der Waals surface area (Å²) in [6.07, 6.45) is 37.4. The van der Waals surface area contributed by atoms with Crippen LogP contribution in [0.4, 0.5) is 0 Å². The van der Waals surface area contributed by atoms with Gasteiger partial charge in [-0.1, -0.05) is 157 Å². The van der Waals surface area contributed by atoms with Crippen molar-refractivity contribution in [2.24, 2.45) is 0 Å². The van der Waals surface area contributed by atoms with E-state index in [2.05, 4.69) is 68.5 Å². The molecule has 1 aliphatic rings. The lowest BCUT2D eigenvalue weighted by Gasteiger charge is -2.41. The third kappa shape index (κ3) is 28.8. The summed E-state index contributed by atoms with van der Waals surface area (Å²) in [5.41, 5.74) is 0. The summed E-state index contributed by atoms with van der Waals surface area (Å²) < 4.78 is 33.8. The largest absolute Gasteiger partial charge is 0.498 e. The van der Waals surface area contributed by atoms with Crippen molar-refractivity contribution < 1.29 is 58.3 Å². The van der Waals surface area contributed by atoms with E-state index in [1.165, 1.54) is 70.5 Å². The number of carbonyl (C=O) groups is 1. The first-order valence-corrected chi connectivity index (χ1v) is 24.0. The summed E-state index contributed by atoms with van der Waals surface area (Å²) in [5.74, 6) is -0.584. The first-order valence-electron chi connectivity index (χ1n) is 22.5. The Bertz CT molecular complexity index is 1310. The second kappa shape index (κ2) is 37.0. The van der Waals surface area contributed by atoms with E-state index in [-0.39, 0.29) is 13.0 Å². The van der Waals surface area contributed by atoms with E-state index in [9.17, 15) is 39.8 Å². The van der Waals surface area contributed by atoms with E-state index in [1.807, 2.05) is 24.3 Å². The van der Waals surface area contributed by atoms with Gasteiger partial charge in [0.15, 0.2) is 6.10 Å². The summed E-state index contributed by atoms with van der Waals surface area (Å²) in [4.78, 5) is 23.1. The molecule has 0 aliphatic heterocycles. The molecule has 0 spiro atoms. The van der Waals surface area contributed by atoms with E-state index >= 15 is 0 Å². The Morgan fingerprint density at radius 3 is 1.47 bits per heavy atom. The lowest BCUT2D eigenvalue weighted by molar-refractivity contribution is -0.220. The van der Waals surface area contributed by atoms with Crippen LogP contribution in [0.5, 0.6) is 0 Å². The molecule has 12 nitrogen and oxygen atoms in total. The third-order valence-electron chi connectivity index (χ3n) is 9.86. The Labute approximate surface area is 361 Å². The van der Waals surface area contributed by atoms with E-state index < -0.39 is 63.1 Å². The van der Waals surface area contributed by atoms with Gasteiger partial charge in [-0.05, 0) is 63.9 Å². The Balaban J connectivity index is 2.51. The first kappa shape index (κ1) is 55.4. The van der Waals surface area contributed by atoms with Gasteiger partial charge in [-0.15, -0.1) is 0 Å². The Hall–Kier alpha value is -2.64. The molecule has 0 heterocycles. The Kier molecular flexibility index (Phi) is 34.1. The van der Waals surface area contributed by atoms with Gasteiger partial charge in [0.05, 0.1) is 12.9 Å². The smallest absolute Gasteiger partial charge is 0.472 e. The van der Waals surface area contributed by atoms with Gasteiger partial charge in [0, 0.05) is 6.42 Å². The van der Waals surface area contributed by atoms with Crippen molar-refractivity contribution in [3.05, 3.63) is 85.3 Å². The molecule has 0 aromatic carbocycles. The number of phosphoric acid groups is 1. The number of hydrogen-bond donors (Lipinski definition) is 6. The molecule has 1 rings (SSSR count). The van der Waals surface area contributed by atoms with E-state index in [4.69, 9.17) is 18.5 Å². The predicted octanol–water partition coefficient (Wildman–Crippen LogP) is 9.32. The minimum Gasteiger partial charge on any atom is -0.498 e. The maximum Gasteiger partial charge on any atom is 0.472 e. The summed E-state index contributed by atoms with van der Waals surface area (Å²) >= 11 is 0. The number of allylic oxidation sites excluding steroid dienone is 13. The van der Waals surface area contributed by atoms with E-state index in [1.54, 1.807) is 0 Å². The van der Waals surface area contributed by atoms with Crippen LogP contribution in [0.15, 0.2) is 85.3 Å². The minimum atomic E-state index is -5.06. The predicted molar refractivity (Wildman–Crippen MR) is 239 cm³/mol. The van der Waals surface area contributed by atoms with Crippen molar-refractivity contribution in [2.45, 2.75) is 191 Å². The molecule has 0 aromatic rings. The molecule has 0 radical (unpaired) electrons. The average molecular weight is 867 g/mol. The molecule has 0 saturated heterocycles. The van der Waals surface area contributed by atoms with Gasteiger partial charge in [0.2, 0.25) is 0 Å². The SMILES string of the molecule is CC/C=C\C/C=C\C/C=C\C/C=C\C/C=C\C/C=C\CCC(=O)O[C@H](CO/C=C\CCCCCCCCCCCCCC)COP(=O)(O)OC1C(O)C(O)C(O)[C@@H](O)C1O. The van der Waals surface area contributed by atoms with Crippen molar-refractivity contribution in [1.29, 1.82) is 0 Å². The van der Waals surface area contributed by atoms with Crippen LogP contribution in [-0.2, 0) is 27.9 Å². The van der Waals surface area contributed by atoms with Crippen molar-refractivity contribution >= 4 is 13.8 Å². The zero-order valence-corrected chi connectivity index (χ0v) is 37.4. The molecule has 8 atom stereocenters. The molecule has 1 aliphatic carbocycles. The number of hydrogen-bond acceptors (Lipinski definition) is 11. The Morgan fingerprint density at radius 1 is 0.550 bits per heavy atom. The molecular formula is C47H79O12P. The maximum atomic E-state index is 12.8. The molecule has 6 unspecified atom stereocenters. The lowest BCUT2D eigenvalue weighted by atomic mass is 9.85. The normalized spacial score (nSPS) is 23.1. The monoisotopic (exact) mass is 867 g/mol. The van der Waals surface area contributed by atoms with Crippen LogP contribution in [0, 0.1) is 0 Å². The van der Waals surface area contributed by atoms with Crippen LogP contribution in [0.3, 0.4) is 0 Å². The number of phosphoric ester groups is 1. The molecule has 0 aromatic heterocycles. The van der Waals surface area contributed by atoms with Gasteiger partial charge in [0.25, 0.3) is 0 Å². The summed E-state index contributed by atoms with van der Waals surface area (Å²) in [5, 5.41) is 50.1. The quantitative estimate of drug-likeness (QED) is 0.0115. The Morgan fingerprint density at radius 2 is 0.983 bits per heavy atom. The highest BCUT2D eigenvalue weighted by molar-refractivity contribution is 7.47. The van der Waals surface area contributed by atoms with Gasteiger partial charge < -0.3 is 39.9 Å². The zero-order valence-electron chi connectivity index (χ0n) is 36.5. The number of aliphatic hydroxyl groups excluding tert-OH is 5. The fourth-order valence-corrected chi connectivity index (χ4v) is 7.26. The number of ether oxygens (including phenoxy) is 2. The number of esters is 1. The molecule has 1 saturated carbocycles. The van der Waals surface area contributed by atoms with Crippen molar-refractivity contribution in [3.8, 4) is 0 Å². The van der Waals surface area contributed by atoms with Crippen molar-refractivity contribution in [2.75, 3.05) is 13.2 Å². The zero-order chi connectivity index (χ0) is 44.1. The first-order chi connectivity index (χ1) is 29.0. The summed E-state index contributed by atoms with van der Waals surface area (Å²) in [6, 6.07) is 0. The van der Waals surface area contributed by atoms with E-state index in [0.29, 0.717) is 12.8 Å². The number of aliphatic hydroxyl groups is 5. The molecule has 13 heteroatoms. The van der Waals surface area contributed by atoms with Gasteiger partial charge in [-0.3, -0.25) is 13.8 Å². The number of rotatable bonds is 36. The van der Waals surface area contributed by atoms with Gasteiger partial charge >= 0.3 is 13.8 Å². The van der Waals surface area contributed by atoms with Crippen LogP contribution in [0.25, 0.3) is 0 Å². The molecule has 0 bridgehead atoms. The topological polar surface area (TPSA) is 192 Å². The highest BCUT2D eigenvalue weighted by atomic mass is 31.2. The average Bonchev–Trinajstić information content (AvgIpc) is 3.23. The van der Waals surface area contributed by atoms with E-state index in [0.717, 1.165) is 51.4 Å². The van der Waals surface area contributed by atoms with Crippen LogP contribution in [0.1, 0.15) is 149 Å². The number of carbonyl (C=O) groups excluding carboxylic acids is 1. The fraction of sp³-hybridized carbons (Fsp3) is 0.681. The standard InChI is InChI=1S/C47H79O12P/c1-3-5-7-9-11-13-15-17-19-20-21-22-23-24-26-28-30-32-34-36-41(48)58-40(38-56-37-35-33-31-29-27-25-18-16-14-12-10-8-6-4-2)39-57-60(54,55)59-47-45(52)43(50)42(49)44(51)46(47)53/h5,7,11,13,17,19,21-22,24,26,30,32,35,37,40,42-47,49-53H,3-4,6,8-10,12,14-16,18,20,23,25,27-29,31,33-34,36,38-39H2,1-2H3,(H,54,55)/b7-5-,13-11-,19-17-,22-21-,26-24-,32-30-,37-35-/t40-,42?,43-,44?,45?,46?,47?/m1/s1. The fourth-order valence-electron chi connectivity index (χ4n) is 6.29. The molecule has 1 fully saturated rings. The van der Waals surface area contributed by atoms with Crippen LogP contribution in [0.2, 0.25) is 0 Å². The lowest BCUT2D eigenvalue weighted by Crippen LogP contribution is -2.64. The van der Waals surface area contributed by atoms with Crippen LogP contribution < -0.4 is 0 Å². The second-order valence-corrected chi connectivity index (χ2v) is 16.6. The third-order valence-corrected chi connectivity index (χ3v) is 10.8. The highest BCUT2D eigenvalue weighted by Gasteiger charge is 2.51. The molecular weight excluding hydrogens is 787 g/mol. The highest BCUT2D eigenvalue weighted by Crippen LogP contribution is 2.47. The van der Waals surface area contributed by atoms with Gasteiger partial charge in [0.1, 0.15) is 43.2 Å². The van der Waals surface area contributed by atoms with Crippen molar-refractivity contribution in [3.63, 3.8) is 0 Å². The summed E-state index contributed by atoms with van der Waals surface area (Å²) in [7, 11) is -5.06. The second-order valence-electron chi connectivity index (χ2n) is 15.2. The summed E-state index contributed by atoms with van der Waals surface area (Å²) in [6.45, 7) is 3.53. The molecule has 60 heavy (non-hydrogen) atoms. The molecule has 6 N–H and O–H groups in total.